The predicted octanol–water partition coefficient (Wildman–Crippen LogP) is 2.74. The summed E-state index contributed by atoms with van der Waals surface area (Å²) in [5.74, 6) is 0. The molecule has 0 saturated heterocycles. The van der Waals surface area contributed by atoms with Gasteiger partial charge in [-0.15, -0.1) is 0 Å². The molecule has 0 bridgehead atoms. The van der Waals surface area contributed by atoms with E-state index < -0.39 is 0 Å². The van der Waals surface area contributed by atoms with E-state index in [4.69, 9.17) is 11.0 Å². The van der Waals surface area contributed by atoms with Gasteiger partial charge >= 0.3 is 0 Å². The van der Waals surface area contributed by atoms with Gasteiger partial charge in [0.15, 0.2) is 0 Å². The molecule has 3 N–H and O–H groups in total. The zero-order valence-corrected chi connectivity index (χ0v) is 9.59. The van der Waals surface area contributed by atoms with E-state index in [1.807, 2.05) is 12.1 Å². The first-order valence-corrected chi connectivity index (χ1v) is 5.73. The van der Waals surface area contributed by atoms with E-state index in [9.17, 15) is 0 Å². The monoisotopic (exact) mass is 215 g/mol. The molecular weight excluding hydrogens is 198 g/mol. The van der Waals surface area contributed by atoms with Crippen molar-refractivity contribution in [2.24, 2.45) is 5.41 Å². The van der Waals surface area contributed by atoms with Crippen LogP contribution in [0.2, 0.25) is 0 Å². The third-order valence-corrected chi connectivity index (χ3v) is 3.55. The lowest BCUT2D eigenvalue weighted by Crippen LogP contribution is -2.14. The van der Waals surface area contributed by atoms with E-state index in [1.165, 1.54) is 19.3 Å². The Bertz CT molecular complexity index is 427. The lowest BCUT2D eigenvalue weighted by molar-refractivity contribution is 0.521. The molecule has 0 spiro atoms. The highest BCUT2D eigenvalue weighted by atomic mass is 14.9. The number of nitrogens with one attached hydrogen (secondary N) is 1. The summed E-state index contributed by atoms with van der Waals surface area (Å²) in [6.45, 7) is 3.25. The Hall–Kier alpha value is -1.69. The predicted molar refractivity (Wildman–Crippen MR) is 66.0 cm³/mol. The second-order valence-corrected chi connectivity index (χ2v) is 4.62. The molecule has 0 unspecified atom stereocenters. The van der Waals surface area contributed by atoms with Crippen LogP contribution in [0.15, 0.2) is 18.2 Å². The van der Waals surface area contributed by atoms with Crippen molar-refractivity contribution in [3.63, 3.8) is 0 Å². The Labute approximate surface area is 96.3 Å². The SMILES string of the molecule is CCC1(CNc2ccc(C#N)c(N)c2)CC1. The average molecular weight is 215 g/mol. The maximum absolute atomic E-state index is 8.77. The van der Waals surface area contributed by atoms with Crippen LogP contribution < -0.4 is 11.1 Å². The van der Waals surface area contributed by atoms with Gasteiger partial charge < -0.3 is 11.1 Å². The van der Waals surface area contributed by atoms with Gasteiger partial charge in [-0.3, -0.25) is 0 Å². The minimum absolute atomic E-state index is 0.517. The number of rotatable bonds is 4. The molecular formula is C13H17N3. The summed E-state index contributed by atoms with van der Waals surface area (Å²) in [5, 5.41) is 12.2. The number of anilines is 2. The Kier molecular flexibility index (Phi) is 2.74. The molecule has 0 aromatic heterocycles. The number of hydrogen-bond acceptors (Lipinski definition) is 3. The fraction of sp³-hybridized carbons (Fsp3) is 0.462. The molecule has 84 valence electrons. The van der Waals surface area contributed by atoms with E-state index in [0.717, 1.165) is 12.2 Å². The van der Waals surface area contributed by atoms with E-state index in [1.54, 1.807) is 6.07 Å². The van der Waals surface area contributed by atoms with Gasteiger partial charge in [0, 0.05) is 12.2 Å². The quantitative estimate of drug-likeness (QED) is 0.759. The van der Waals surface area contributed by atoms with Crippen LogP contribution in [0.5, 0.6) is 0 Å². The highest BCUT2D eigenvalue weighted by molar-refractivity contribution is 5.62. The molecule has 0 radical (unpaired) electrons. The van der Waals surface area contributed by atoms with Gasteiger partial charge in [0.2, 0.25) is 0 Å². The van der Waals surface area contributed by atoms with Gasteiger partial charge in [-0.25, -0.2) is 0 Å². The van der Waals surface area contributed by atoms with Crippen LogP contribution >= 0.6 is 0 Å². The topological polar surface area (TPSA) is 61.8 Å². The molecule has 3 heteroatoms. The van der Waals surface area contributed by atoms with Crippen LogP contribution in [0.4, 0.5) is 11.4 Å². The molecule has 0 heterocycles. The van der Waals surface area contributed by atoms with Crippen molar-refractivity contribution < 1.29 is 0 Å². The van der Waals surface area contributed by atoms with Crippen LogP contribution in [0.1, 0.15) is 31.7 Å². The van der Waals surface area contributed by atoms with Crippen LogP contribution in [0, 0.1) is 16.7 Å². The summed E-state index contributed by atoms with van der Waals surface area (Å²) in [6.07, 6.45) is 3.87. The Morgan fingerprint density at radius 2 is 2.25 bits per heavy atom. The third-order valence-electron chi connectivity index (χ3n) is 3.55. The summed E-state index contributed by atoms with van der Waals surface area (Å²) < 4.78 is 0. The largest absolute Gasteiger partial charge is 0.398 e. The molecule has 3 nitrogen and oxygen atoms in total. The van der Waals surface area contributed by atoms with Gasteiger partial charge in [-0.2, -0.15) is 5.26 Å². The molecule has 16 heavy (non-hydrogen) atoms. The molecule has 1 aliphatic carbocycles. The number of benzene rings is 1. The van der Waals surface area contributed by atoms with Crippen molar-refractivity contribution in [2.75, 3.05) is 17.6 Å². The zero-order chi connectivity index (χ0) is 11.6. The molecule has 1 aromatic rings. The summed E-state index contributed by atoms with van der Waals surface area (Å²) in [5.41, 5.74) is 8.38. The summed E-state index contributed by atoms with van der Waals surface area (Å²) >= 11 is 0. The van der Waals surface area contributed by atoms with Gasteiger partial charge in [-0.1, -0.05) is 6.92 Å². The summed E-state index contributed by atoms with van der Waals surface area (Å²) in [7, 11) is 0. The number of nitrogens with two attached hydrogens (primary N) is 1. The van der Waals surface area contributed by atoms with Gasteiger partial charge in [0.25, 0.3) is 0 Å². The zero-order valence-electron chi connectivity index (χ0n) is 9.59. The first-order chi connectivity index (χ1) is 7.69. The maximum atomic E-state index is 8.77. The molecule has 1 saturated carbocycles. The molecule has 1 fully saturated rings. The molecule has 0 atom stereocenters. The molecule has 1 aliphatic rings. The molecule has 2 rings (SSSR count). The minimum atomic E-state index is 0.517. The third kappa shape index (κ3) is 2.11. The van der Waals surface area contributed by atoms with Crippen molar-refractivity contribution in [1.82, 2.24) is 0 Å². The van der Waals surface area contributed by atoms with Crippen molar-refractivity contribution in [1.29, 1.82) is 5.26 Å². The molecule has 0 aliphatic heterocycles. The van der Waals surface area contributed by atoms with Crippen LogP contribution in [0.25, 0.3) is 0 Å². The van der Waals surface area contributed by atoms with Gasteiger partial charge in [0.05, 0.1) is 11.3 Å². The van der Waals surface area contributed by atoms with Crippen LogP contribution in [-0.4, -0.2) is 6.54 Å². The van der Waals surface area contributed by atoms with Gasteiger partial charge in [0.1, 0.15) is 6.07 Å². The lowest BCUT2D eigenvalue weighted by atomic mass is 10.0. The summed E-state index contributed by atoms with van der Waals surface area (Å²) in [6, 6.07) is 7.59. The average Bonchev–Trinajstić information content (AvgIpc) is 3.07. The normalized spacial score (nSPS) is 16.5. The highest BCUT2D eigenvalue weighted by Crippen LogP contribution is 2.48. The first kappa shape index (κ1) is 10.8. The van der Waals surface area contributed by atoms with E-state index >= 15 is 0 Å². The van der Waals surface area contributed by atoms with E-state index in [-0.39, 0.29) is 0 Å². The number of nitrogens with zero attached hydrogens (tertiary/aromatic N) is 1. The highest BCUT2D eigenvalue weighted by Gasteiger charge is 2.40. The lowest BCUT2D eigenvalue weighted by Gasteiger charge is -2.14. The van der Waals surface area contributed by atoms with Crippen molar-refractivity contribution in [2.45, 2.75) is 26.2 Å². The molecule has 0 amide bonds. The molecule has 1 aromatic carbocycles. The van der Waals surface area contributed by atoms with Crippen LogP contribution in [-0.2, 0) is 0 Å². The number of nitriles is 1. The fourth-order valence-corrected chi connectivity index (χ4v) is 1.90. The van der Waals surface area contributed by atoms with Crippen LogP contribution in [0.3, 0.4) is 0 Å². The van der Waals surface area contributed by atoms with Crippen molar-refractivity contribution in [3.8, 4) is 6.07 Å². The van der Waals surface area contributed by atoms with E-state index in [2.05, 4.69) is 18.3 Å². The Morgan fingerprint density at radius 1 is 1.50 bits per heavy atom. The Balaban J connectivity index is 2.00. The first-order valence-electron chi connectivity index (χ1n) is 5.73. The standard InChI is InChI=1S/C13H17N3/c1-2-13(5-6-13)9-16-11-4-3-10(8-14)12(15)7-11/h3-4,7,16H,2,5-6,9,15H2,1H3. The Morgan fingerprint density at radius 3 is 2.75 bits per heavy atom. The van der Waals surface area contributed by atoms with Gasteiger partial charge in [-0.05, 0) is 42.9 Å². The maximum Gasteiger partial charge on any atom is 0.101 e. The number of nitrogen functional groups attached to an aromatic ring is 1. The second-order valence-electron chi connectivity index (χ2n) is 4.62. The van der Waals surface area contributed by atoms with E-state index in [0.29, 0.717) is 16.7 Å². The fourth-order valence-electron chi connectivity index (χ4n) is 1.90. The second kappa shape index (κ2) is 4.05. The van der Waals surface area contributed by atoms with Crippen molar-refractivity contribution >= 4 is 11.4 Å². The minimum Gasteiger partial charge on any atom is -0.398 e. The number of hydrogen-bond donors (Lipinski definition) is 2. The summed E-state index contributed by atoms with van der Waals surface area (Å²) in [4.78, 5) is 0. The van der Waals surface area contributed by atoms with Crippen molar-refractivity contribution in [3.05, 3.63) is 23.8 Å². The smallest absolute Gasteiger partial charge is 0.101 e.